The number of halogens is 1. The molecule has 0 bridgehead atoms. The molecule has 0 aliphatic heterocycles. The molecule has 0 saturated heterocycles. The van der Waals surface area contributed by atoms with Gasteiger partial charge in [0, 0.05) is 22.0 Å². The van der Waals surface area contributed by atoms with Gasteiger partial charge in [0.25, 0.3) is 5.91 Å². The number of carbonyl (C=O) groups is 3. The molecule has 0 aliphatic carbocycles. The first-order chi connectivity index (χ1) is 14.9. The van der Waals surface area contributed by atoms with Crippen LogP contribution in [0.1, 0.15) is 26.3 Å². The second-order valence-corrected chi connectivity index (χ2v) is 7.91. The summed E-state index contributed by atoms with van der Waals surface area (Å²) < 4.78 is 0. The van der Waals surface area contributed by atoms with E-state index >= 15 is 0 Å². The van der Waals surface area contributed by atoms with Crippen molar-refractivity contribution in [3.8, 4) is 0 Å². The van der Waals surface area contributed by atoms with Gasteiger partial charge in [-0.05, 0) is 48.0 Å². The number of rotatable bonds is 8. The predicted octanol–water partition coefficient (Wildman–Crippen LogP) is 5.16. The molecule has 8 heteroatoms. The van der Waals surface area contributed by atoms with E-state index < -0.39 is 11.9 Å². The maximum atomic E-state index is 12.4. The third-order valence-electron chi connectivity index (χ3n) is 4.29. The van der Waals surface area contributed by atoms with Crippen LogP contribution in [0.2, 0.25) is 5.02 Å². The molecule has 0 heterocycles. The van der Waals surface area contributed by atoms with Crippen LogP contribution in [0, 0.1) is 0 Å². The summed E-state index contributed by atoms with van der Waals surface area (Å²) in [5, 5.41) is 15.3. The highest BCUT2D eigenvalue weighted by molar-refractivity contribution is 7.99. The first-order valence-corrected chi connectivity index (χ1v) is 10.8. The predicted molar refractivity (Wildman–Crippen MR) is 124 cm³/mol. The van der Waals surface area contributed by atoms with Crippen molar-refractivity contribution in [1.29, 1.82) is 0 Å². The Hall–Kier alpha value is -3.29. The zero-order valence-electron chi connectivity index (χ0n) is 16.3. The number of thioether (sulfide) groups is 1. The molecule has 3 N–H and O–H groups in total. The maximum absolute atomic E-state index is 12.4. The van der Waals surface area contributed by atoms with Crippen molar-refractivity contribution in [3.05, 3.63) is 94.5 Å². The van der Waals surface area contributed by atoms with Gasteiger partial charge in [0.15, 0.2) is 0 Å². The molecule has 0 unspecified atom stereocenters. The second-order valence-electron chi connectivity index (χ2n) is 6.51. The van der Waals surface area contributed by atoms with Gasteiger partial charge in [-0.2, -0.15) is 0 Å². The molecule has 0 aromatic heterocycles. The van der Waals surface area contributed by atoms with Gasteiger partial charge in [0.05, 0.1) is 17.0 Å². The van der Waals surface area contributed by atoms with E-state index in [0.29, 0.717) is 22.0 Å². The largest absolute Gasteiger partial charge is 0.478 e. The Morgan fingerprint density at radius 3 is 2.26 bits per heavy atom. The number of amides is 2. The molecule has 3 aromatic rings. The van der Waals surface area contributed by atoms with Crippen molar-refractivity contribution < 1.29 is 19.5 Å². The third kappa shape index (κ3) is 6.34. The zero-order chi connectivity index (χ0) is 22.2. The Morgan fingerprint density at radius 2 is 1.55 bits per heavy atom. The minimum atomic E-state index is -1.12. The highest BCUT2D eigenvalue weighted by atomic mass is 35.5. The van der Waals surface area contributed by atoms with E-state index in [-0.39, 0.29) is 22.9 Å². The summed E-state index contributed by atoms with van der Waals surface area (Å²) in [6.45, 7) is 0. The van der Waals surface area contributed by atoms with Gasteiger partial charge in [-0.3, -0.25) is 9.59 Å². The standard InChI is InChI=1S/C23H19ClN2O4S/c24-19-7-3-1-5-16(19)13-31-14-21(27)25-17-11-9-15(10-12-17)22(28)26-20-8-4-2-6-18(20)23(29)30/h1-12H,13-14H2,(H,25,27)(H,26,28)(H,29,30). The molecule has 3 aromatic carbocycles. The summed E-state index contributed by atoms with van der Waals surface area (Å²) in [5.41, 5.74) is 2.10. The van der Waals surface area contributed by atoms with Crippen LogP contribution in [-0.4, -0.2) is 28.6 Å². The molecule has 158 valence electrons. The normalized spacial score (nSPS) is 10.4. The van der Waals surface area contributed by atoms with E-state index in [2.05, 4.69) is 10.6 Å². The Morgan fingerprint density at radius 1 is 0.871 bits per heavy atom. The van der Waals surface area contributed by atoms with Gasteiger partial charge < -0.3 is 15.7 Å². The summed E-state index contributed by atoms with van der Waals surface area (Å²) in [7, 11) is 0. The number of nitrogens with one attached hydrogen (secondary N) is 2. The lowest BCUT2D eigenvalue weighted by Crippen LogP contribution is -2.16. The molecular formula is C23H19ClN2O4S. The lowest BCUT2D eigenvalue weighted by Gasteiger charge is -2.09. The number of carbonyl (C=O) groups excluding carboxylic acids is 2. The van der Waals surface area contributed by atoms with Crippen molar-refractivity contribution in [2.24, 2.45) is 0 Å². The number of benzene rings is 3. The van der Waals surface area contributed by atoms with Crippen molar-refractivity contribution in [1.82, 2.24) is 0 Å². The highest BCUT2D eigenvalue weighted by Crippen LogP contribution is 2.21. The van der Waals surface area contributed by atoms with Crippen molar-refractivity contribution in [2.75, 3.05) is 16.4 Å². The minimum Gasteiger partial charge on any atom is -0.478 e. The van der Waals surface area contributed by atoms with Crippen molar-refractivity contribution in [3.63, 3.8) is 0 Å². The maximum Gasteiger partial charge on any atom is 0.337 e. The summed E-state index contributed by atoms with van der Waals surface area (Å²) >= 11 is 7.56. The minimum absolute atomic E-state index is 0.00836. The fourth-order valence-corrected chi connectivity index (χ4v) is 3.86. The fraction of sp³-hybridized carbons (Fsp3) is 0.0870. The summed E-state index contributed by atoms with van der Waals surface area (Å²) in [5.74, 6) is -0.837. The van der Waals surface area contributed by atoms with E-state index in [0.717, 1.165) is 5.56 Å². The van der Waals surface area contributed by atoms with Crippen LogP contribution >= 0.6 is 23.4 Å². The van der Waals surface area contributed by atoms with Gasteiger partial charge in [0.2, 0.25) is 5.91 Å². The molecule has 0 aliphatic rings. The van der Waals surface area contributed by atoms with E-state index in [1.54, 1.807) is 36.4 Å². The first-order valence-electron chi connectivity index (χ1n) is 9.29. The summed E-state index contributed by atoms with van der Waals surface area (Å²) in [6.07, 6.45) is 0. The number of aromatic carboxylic acids is 1. The average Bonchev–Trinajstić information content (AvgIpc) is 2.76. The average molecular weight is 455 g/mol. The highest BCUT2D eigenvalue weighted by Gasteiger charge is 2.13. The number of hydrogen-bond donors (Lipinski definition) is 3. The van der Waals surface area contributed by atoms with Gasteiger partial charge >= 0.3 is 5.97 Å². The van der Waals surface area contributed by atoms with E-state index in [4.69, 9.17) is 11.6 Å². The number of anilines is 2. The van der Waals surface area contributed by atoms with Gasteiger partial charge in [0.1, 0.15) is 0 Å². The molecule has 0 radical (unpaired) electrons. The van der Waals surface area contributed by atoms with E-state index in [1.165, 1.54) is 23.9 Å². The lowest BCUT2D eigenvalue weighted by atomic mass is 10.1. The van der Waals surface area contributed by atoms with Gasteiger partial charge in [-0.25, -0.2) is 4.79 Å². The Labute approximate surface area is 188 Å². The number of para-hydroxylation sites is 1. The molecule has 0 fully saturated rings. The SMILES string of the molecule is O=C(CSCc1ccccc1Cl)Nc1ccc(C(=O)Nc2ccccc2C(=O)O)cc1. The first kappa shape index (κ1) is 22.4. The summed E-state index contributed by atoms with van der Waals surface area (Å²) in [6, 6.07) is 20.0. The molecule has 2 amide bonds. The van der Waals surface area contributed by atoms with Crippen LogP contribution in [0.15, 0.2) is 72.8 Å². The number of carboxylic acid groups (broad SMARTS) is 1. The smallest absolute Gasteiger partial charge is 0.337 e. The fourth-order valence-electron chi connectivity index (χ4n) is 2.74. The molecule has 6 nitrogen and oxygen atoms in total. The van der Waals surface area contributed by atoms with Crippen LogP contribution in [0.3, 0.4) is 0 Å². The van der Waals surface area contributed by atoms with E-state index in [9.17, 15) is 19.5 Å². The van der Waals surface area contributed by atoms with Crippen LogP contribution in [0.5, 0.6) is 0 Å². The quantitative estimate of drug-likeness (QED) is 0.436. The molecule has 0 spiro atoms. The van der Waals surface area contributed by atoms with Crippen LogP contribution in [0.25, 0.3) is 0 Å². The van der Waals surface area contributed by atoms with Crippen molar-refractivity contribution in [2.45, 2.75) is 5.75 Å². The molecule has 0 atom stereocenters. The zero-order valence-corrected chi connectivity index (χ0v) is 17.9. The lowest BCUT2D eigenvalue weighted by molar-refractivity contribution is -0.113. The topological polar surface area (TPSA) is 95.5 Å². The molecular weight excluding hydrogens is 436 g/mol. The Bertz CT molecular complexity index is 1100. The third-order valence-corrected chi connectivity index (χ3v) is 5.64. The second kappa shape index (κ2) is 10.7. The Kier molecular flexibility index (Phi) is 7.70. The van der Waals surface area contributed by atoms with Crippen LogP contribution in [-0.2, 0) is 10.5 Å². The molecule has 0 saturated carbocycles. The summed E-state index contributed by atoms with van der Waals surface area (Å²) in [4.78, 5) is 35.8. The van der Waals surface area contributed by atoms with Crippen LogP contribution in [0.4, 0.5) is 11.4 Å². The van der Waals surface area contributed by atoms with E-state index in [1.807, 2.05) is 24.3 Å². The van der Waals surface area contributed by atoms with Crippen molar-refractivity contribution >= 4 is 52.5 Å². The monoisotopic (exact) mass is 454 g/mol. The Balaban J connectivity index is 1.52. The number of hydrogen-bond acceptors (Lipinski definition) is 4. The number of carboxylic acids is 1. The molecule has 3 rings (SSSR count). The van der Waals surface area contributed by atoms with Gasteiger partial charge in [-0.1, -0.05) is 41.9 Å². The van der Waals surface area contributed by atoms with Crippen LogP contribution < -0.4 is 10.6 Å². The molecule has 31 heavy (non-hydrogen) atoms. The van der Waals surface area contributed by atoms with Gasteiger partial charge in [-0.15, -0.1) is 11.8 Å².